The molecule has 0 spiro atoms. The molecular weight excluding hydrogens is 202 g/mol. The standard InChI is InChI=1S/C8H15N3O4/c1-2-10-7(13)4-11(3-6(9)12)5-8(14)15/h2-5H2,1H3,(H2,9,12)(H,10,13)(H,14,15). The Morgan fingerprint density at radius 1 is 1.27 bits per heavy atom. The molecule has 7 nitrogen and oxygen atoms in total. The van der Waals surface area contributed by atoms with Gasteiger partial charge in [-0.05, 0) is 6.92 Å². The number of likely N-dealkylation sites (N-methyl/N-ethyl adjacent to an activating group) is 1. The summed E-state index contributed by atoms with van der Waals surface area (Å²) >= 11 is 0. The minimum atomic E-state index is -1.11. The van der Waals surface area contributed by atoms with Gasteiger partial charge in [0.1, 0.15) is 0 Å². The summed E-state index contributed by atoms with van der Waals surface area (Å²) in [7, 11) is 0. The Balaban J connectivity index is 4.16. The van der Waals surface area contributed by atoms with Crippen LogP contribution in [0.3, 0.4) is 0 Å². The van der Waals surface area contributed by atoms with Gasteiger partial charge in [-0.25, -0.2) is 0 Å². The van der Waals surface area contributed by atoms with Crippen molar-refractivity contribution in [2.75, 3.05) is 26.2 Å². The zero-order valence-electron chi connectivity index (χ0n) is 8.52. The first-order chi connectivity index (χ1) is 6.95. The highest BCUT2D eigenvalue weighted by Crippen LogP contribution is 1.87. The van der Waals surface area contributed by atoms with Gasteiger partial charge in [-0.3, -0.25) is 19.3 Å². The van der Waals surface area contributed by atoms with Crippen LogP contribution in [0, 0.1) is 0 Å². The van der Waals surface area contributed by atoms with Gasteiger partial charge in [-0.2, -0.15) is 0 Å². The molecule has 0 aromatic carbocycles. The van der Waals surface area contributed by atoms with Crippen molar-refractivity contribution in [2.45, 2.75) is 6.92 Å². The number of nitrogens with two attached hydrogens (primary N) is 1. The Labute approximate surface area is 87.2 Å². The molecule has 86 valence electrons. The molecule has 0 saturated heterocycles. The van der Waals surface area contributed by atoms with Gasteiger partial charge < -0.3 is 16.2 Å². The van der Waals surface area contributed by atoms with E-state index in [1.807, 2.05) is 0 Å². The zero-order chi connectivity index (χ0) is 11.8. The van der Waals surface area contributed by atoms with Crippen LogP contribution in [0.25, 0.3) is 0 Å². The molecule has 0 rings (SSSR count). The van der Waals surface area contributed by atoms with E-state index in [-0.39, 0.29) is 25.5 Å². The molecule has 2 amide bonds. The number of rotatable bonds is 7. The van der Waals surface area contributed by atoms with Gasteiger partial charge in [0.2, 0.25) is 11.8 Å². The van der Waals surface area contributed by atoms with Gasteiger partial charge in [0.25, 0.3) is 0 Å². The number of hydrogen-bond donors (Lipinski definition) is 3. The fourth-order valence-electron chi connectivity index (χ4n) is 1.04. The Kier molecular flexibility index (Phi) is 6.03. The van der Waals surface area contributed by atoms with Crippen LogP contribution >= 0.6 is 0 Å². The van der Waals surface area contributed by atoms with Gasteiger partial charge in [0.05, 0.1) is 19.6 Å². The number of carboxylic acid groups (broad SMARTS) is 1. The molecule has 0 bridgehead atoms. The molecule has 0 unspecified atom stereocenters. The first kappa shape index (κ1) is 13.4. The second-order valence-corrected chi connectivity index (χ2v) is 2.96. The molecule has 0 fully saturated rings. The molecule has 0 aromatic heterocycles. The first-order valence-corrected chi connectivity index (χ1v) is 4.44. The molecule has 7 heteroatoms. The number of carbonyl (C=O) groups is 3. The maximum Gasteiger partial charge on any atom is 0.317 e. The molecule has 0 aliphatic rings. The molecular formula is C8H15N3O4. The number of carboxylic acids is 1. The van der Waals surface area contributed by atoms with Crippen LogP contribution in [0.15, 0.2) is 0 Å². The monoisotopic (exact) mass is 217 g/mol. The van der Waals surface area contributed by atoms with Crippen LogP contribution in [0.2, 0.25) is 0 Å². The summed E-state index contributed by atoms with van der Waals surface area (Å²) in [5.74, 6) is -2.11. The van der Waals surface area contributed by atoms with Crippen molar-refractivity contribution >= 4 is 17.8 Å². The highest BCUT2D eigenvalue weighted by atomic mass is 16.4. The number of amides is 2. The molecule has 15 heavy (non-hydrogen) atoms. The minimum absolute atomic E-state index is 0.150. The lowest BCUT2D eigenvalue weighted by atomic mass is 10.4. The van der Waals surface area contributed by atoms with Crippen LogP contribution in [0.1, 0.15) is 6.92 Å². The summed E-state index contributed by atoms with van der Waals surface area (Å²) < 4.78 is 0. The second kappa shape index (κ2) is 6.77. The highest BCUT2D eigenvalue weighted by Gasteiger charge is 2.15. The van der Waals surface area contributed by atoms with Crippen LogP contribution in [-0.2, 0) is 14.4 Å². The number of nitrogens with one attached hydrogen (secondary N) is 1. The van der Waals surface area contributed by atoms with Crippen molar-refractivity contribution in [3.05, 3.63) is 0 Å². The molecule has 0 heterocycles. The van der Waals surface area contributed by atoms with E-state index in [0.717, 1.165) is 4.90 Å². The average molecular weight is 217 g/mol. The summed E-state index contributed by atoms with van der Waals surface area (Å²) in [6.07, 6.45) is 0. The lowest BCUT2D eigenvalue weighted by Crippen LogP contribution is -2.43. The maximum absolute atomic E-state index is 11.1. The molecule has 0 radical (unpaired) electrons. The van der Waals surface area contributed by atoms with Crippen LogP contribution in [0.4, 0.5) is 0 Å². The highest BCUT2D eigenvalue weighted by molar-refractivity contribution is 5.81. The number of carbonyl (C=O) groups excluding carboxylic acids is 2. The van der Waals surface area contributed by atoms with Crippen molar-refractivity contribution in [3.8, 4) is 0 Å². The predicted molar refractivity (Wildman–Crippen MR) is 52.0 cm³/mol. The van der Waals surface area contributed by atoms with E-state index in [4.69, 9.17) is 10.8 Å². The molecule has 0 aromatic rings. The van der Waals surface area contributed by atoms with E-state index >= 15 is 0 Å². The SMILES string of the molecule is CCNC(=O)CN(CC(N)=O)CC(=O)O. The van der Waals surface area contributed by atoms with Gasteiger partial charge >= 0.3 is 5.97 Å². The van der Waals surface area contributed by atoms with Gasteiger partial charge in [-0.15, -0.1) is 0 Å². The van der Waals surface area contributed by atoms with Gasteiger partial charge in [0.15, 0.2) is 0 Å². The van der Waals surface area contributed by atoms with Crippen LogP contribution in [0.5, 0.6) is 0 Å². The number of nitrogens with zero attached hydrogens (tertiary/aromatic N) is 1. The van der Waals surface area contributed by atoms with Crippen molar-refractivity contribution < 1.29 is 19.5 Å². The summed E-state index contributed by atoms with van der Waals surface area (Å²) in [5.41, 5.74) is 4.91. The lowest BCUT2D eigenvalue weighted by Gasteiger charge is -2.17. The Morgan fingerprint density at radius 2 is 1.87 bits per heavy atom. The van der Waals surface area contributed by atoms with E-state index in [1.165, 1.54) is 0 Å². The van der Waals surface area contributed by atoms with Crippen molar-refractivity contribution in [1.82, 2.24) is 10.2 Å². The predicted octanol–water partition coefficient (Wildman–Crippen LogP) is -2.01. The largest absolute Gasteiger partial charge is 0.480 e. The summed E-state index contributed by atoms with van der Waals surface area (Å²) in [5, 5.41) is 11.0. The quantitative estimate of drug-likeness (QED) is 0.456. The topological polar surface area (TPSA) is 113 Å². The van der Waals surface area contributed by atoms with E-state index in [2.05, 4.69) is 5.32 Å². The molecule has 0 saturated carbocycles. The minimum Gasteiger partial charge on any atom is -0.480 e. The molecule has 0 aliphatic carbocycles. The van der Waals surface area contributed by atoms with E-state index in [9.17, 15) is 14.4 Å². The zero-order valence-corrected chi connectivity index (χ0v) is 8.52. The smallest absolute Gasteiger partial charge is 0.317 e. The number of primary amides is 1. The van der Waals surface area contributed by atoms with E-state index in [0.29, 0.717) is 6.54 Å². The average Bonchev–Trinajstić information content (AvgIpc) is 2.00. The summed E-state index contributed by atoms with van der Waals surface area (Å²) in [6.45, 7) is 1.41. The third-order valence-electron chi connectivity index (χ3n) is 1.48. The Morgan fingerprint density at radius 3 is 2.27 bits per heavy atom. The Bertz CT molecular complexity index is 238. The summed E-state index contributed by atoms with van der Waals surface area (Å²) in [6, 6.07) is 0. The lowest BCUT2D eigenvalue weighted by molar-refractivity contribution is -0.139. The summed E-state index contributed by atoms with van der Waals surface area (Å²) in [4.78, 5) is 33.3. The van der Waals surface area contributed by atoms with Crippen molar-refractivity contribution in [2.24, 2.45) is 5.73 Å². The van der Waals surface area contributed by atoms with E-state index < -0.39 is 11.9 Å². The fourth-order valence-corrected chi connectivity index (χ4v) is 1.04. The normalized spacial score (nSPS) is 10.0. The Hall–Kier alpha value is -1.63. The molecule has 4 N–H and O–H groups in total. The third kappa shape index (κ3) is 7.44. The molecule has 0 aliphatic heterocycles. The van der Waals surface area contributed by atoms with Gasteiger partial charge in [-0.1, -0.05) is 0 Å². The second-order valence-electron chi connectivity index (χ2n) is 2.96. The third-order valence-corrected chi connectivity index (χ3v) is 1.48. The molecule has 0 atom stereocenters. The fraction of sp³-hybridized carbons (Fsp3) is 0.625. The first-order valence-electron chi connectivity index (χ1n) is 4.44. The maximum atomic E-state index is 11.1. The van der Waals surface area contributed by atoms with Crippen molar-refractivity contribution in [3.63, 3.8) is 0 Å². The van der Waals surface area contributed by atoms with E-state index in [1.54, 1.807) is 6.92 Å². The van der Waals surface area contributed by atoms with Crippen molar-refractivity contribution in [1.29, 1.82) is 0 Å². The van der Waals surface area contributed by atoms with Crippen LogP contribution < -0.4 is 11.1 Å². The number of hydrogen-bond acceptors (Lipinski definition) is 4. The van der Waals surface area contributed by atoms with Gasteiger partial charge in [0, 0.05) is 6.54 Å². The van der Waals surface area contributed by atoms with Crippen LogP contribution in [-0.4, -0.2) is 54.0 Å². The number of aliphatic carboxylic acids is 1.